The minimum Gasteiger partial charge on any atom is -0.465 e. The summed E-state index contributed by atoms with van der Waals surface area (Å²) in [7, 11) is 5.41. The van der Waals surface area contributed by atoms with Crippen molar-refractivity contribution in [2.45, 2.75) is 56.9 Å². The van der Waals surface area contributed by atoms with Gasteiger partial charge in [-0.15, -0.1) is 0 Å². The van der Waals surface area contributed by atoms with Crippen LogP contribution in [0.4, 0.5) is 17.2 Å². The van der Waals surface area contributed by atoms with Crippen LogP contribution in [0, 0.1) is 0 Å². The number of nitrogens with zero attached hydrogens (tertiary/aromatic N) is 4. The molecule has 3 heterocycles. The third-order valence-corrected chi connectivity index (χ3v) is 7.66. The molecule has 1 saturated heterocycles. The molecule has 1 atom stereocenters. The molecule has 36 heavy (non-hydrogen) atoms. The Morgan fingerprint density at radius 1 is 1.06 bits per heavy atom. The third-order valence-electron chi connectivity index (χ3n) is 7.66. The zero-order valence-electron chi connectivity index (χ0n) is 21.4. The zero-order valence-corrected chi connectivity index (χ0v) is 21.4. The molecular formula is C27H36N6O3. The first-order valence-electron chi connectivity index (χ1n) is 12.9. The molecule has 9 nitrogen and oxygen atoms in total. The molecule has 5 rings (SSSR count). The molecule has 2 fully saturated rings. The summed E-state index contributed by atoms with van der Waals surface area (Å²) in [5.74, 6) is 0.174. The Morgan fingerprint density at radius 3 is 2.44 bits per heavy atom. The molecule has 1 aromatic heterocycles. The molecule has 2 aromatic rings. The molecule has 2 N–H and O–H groups in total. The number of carbonyl (C=O) groups excluding carboxylic acids is 1. The minimum absolute atomic E-state index is 0.0575. The highest BCUT2D eigenvalue weighted by Gasteiger charge is 2.31. The van der Waals surface area contributed by atoms with Gasteiger partial charge in [-0.25, -0.2) is 9.79 Å². The molecule has 1 unspecified atom stereocenters. The summed E-state index contributed by atoms with van der Waals surface area (Å²) < 4.78 is 6.98. The number of pyridine rings is 1. The van der Waals surface area contributed by atoms with Gasteiger partial charge in [0.15, 0.2) is 6.29 Å². The monoisotopic (exact) mass is 492 g/mol. The molecular weight excluding hydrogens is 456 g/mol. The molecule has 0 bridgehead atoms. The van der Waals surface area contributed by atoms with E-state index in [4.69, 9.17) is 4.74 Å². The van der Waals surface area contributed by atoms with Crippen LogP contribution in [0.2, 0.25) is 0 Å². The predicted molar refractivity (Wildman–Crippen MR) is 144 cm³/mol. The number of methoxy groups -OCH3 is 1. The maximum Gasteiger partial charge on any atom is 0.343 e. The third kappa shape index (κ3) is 4.84. The lowest BCUT2D eigenvalue weighted by atomic mass is 10.1. The number of nitrogens with one attached hydrogen (secondary N) is 2. The number of rotatable bonds is 6. The van der Waals surface area contributed by atoms with Crippen molar-refractivity contribution in [1.29, 1.82) is 0 Å². The van der Waals surface area contributed by atoms with E-state index in [2.05, 4.69) is 44.3 Å². The van der Waals surface area contributed by atoms with Gasteiger partial charge >= 0.3 is 5.97 Å². The SMILES string of the molecule is COC(=O)c1cn(C2CCCC2)c2c(c1=O)C=NC(Nc1cccc(NC3CCN(C)CC3)c1)N2C. The molecule has 2 aliphatic heterocycles. The first-order valence-corrected chi connectivity index (χ1v) is 12.9. The second kappa shape index (κ2) is 10.3. The normalized spacial score (nSPS) is 20.9. The van der Waals surface area contributed by atoms with Crippen molar-refractivity contribution in [1.82, 2.24) is 9.47 Å². The van der Waals surface area contributed by atoms with Crippen LogP contribution in [0.15, 0.2) is 40.2 Å². The Balaban J connectivity index is 1.40. The highest BCUT2D eigenvalue weighted by molar-refractivity contribution is 5.95. The Morgan fingerprint density at radius 2 is 1.75 bits per heavy atom. The van der Waals surface area contributed by atoms with Gasteiger partial charge in [0.25, 0.3) is 0 Å². The van der Waals surface area contributed by atoms with Crippen molar-refractivity contribution < 1.29 is 9.53 Å². The number of likely N-dealkylation sites (tertiary alicyclic amines) is 1. The Bertz CT molecular complexity index is 1190. The minimum atomic E-state index is -0.611. The van der Waals surface area contributed by atoms with Gasteiger partial charge in [-0.05, 0) is 64.0 Å². The lowest BCUT2D eigenvalue weighted by Crippen LogP contribution is -2.44. The van der Waals surface area contributed by atoms with Gasteiger partial charge < -0.3 is 29.7 Å². The van der Waals surface area contributed by atoms with Gasteiger partial charge in [-0.1, -0.05) is 18.9 Å². The summed E-state index contributed by atoms with van der Waals surface area (Å²) in [6, 6.07) is 8.99. The van der Waals surface area contributed by atoms with Gasteiger partial charge in [0.2, 0.25) is 5.43 Å². The van der Waals surface area contributed by atoms with Gasteiger partial charge in [0.05, 0.1) is 12.7 Å². The number of aliphatic imine (C=N–C) groups is 1. The van der Waals surface area contributed by atoms with Crippen LogP contribution in [0.5, 0.6) is 0 Å². The summed E-state index contributed by atoms with van der Waals surface area (Å²) >= 11 is 0. The molecule has 1 saturated carbocycles. The van der Waals surface area contributed by atoms with Crippen LogP contribution in [-0.4, -0.2) is 68.3 Å². The van der Waals surface area contributed by atoms with E-state index in [1.54, 1.807) is 12.4 Å². The summed E-state index contributed by atoms with van der Waals surface area (Å²) in [5, 5.41) is 7.19. The average molecular weight is 493 g/mol. The van der Waals surface area contributed by atoms with E-state index >= 15 is 0 Å². The van der Waals surface area contributed by atoms with Crippen LogP contribution in [0.25, 0.3) is 0 Å². The summed E-state index contributed by atoms with van der Waals surface area (Å²) in [4.78, 5) is 34.5. The Hall–Kier alpha value is -3.33. The Kier molecular flexibility index (Phi) is 7.00. The molecule has 9 heteroatoms. The van der Waals surface area contributed by atoms with Gasteiger partial charge in [-0.3, -0.25) is 4.79 Å². The molecule has 1 aliphatic carbocycles. The number of hydrogen-bond acceptors (Lipinski definition) is 8. The van der Waals surface area contributed by atoms with Crippen molar-refractivity contribution in [3.8, 4) is 0 Å². The first kappa shape index (κ1) is 24.4. The summed E-state index contributed by atoms with van der Waals surface area (Å²) in [6.45, 7) is 2.22. The number of esters is 1. The Labute approximate surface area is 212 Å². The van der Waals surface area contributed by atoms with Crippen molar-refractivity contribution >= 4 is 29.4 Å². The number of carbonyl (C=O) groups is 1. The van der Waals surface area contributed by atoms with Crippen LogP contribution < -0.4 is 21.0 Å². The molecule has 0 spiro atoms. The van der Waals surface area contributed by atoms with Crippen molar-refractivity contribution in [3.63, 3.8) is 0 Å². The van der Waals surface area contributed by atoms with Gasteiger partial charge in [0.1, 0.15) is 11.4 Å². The lowest BCUT2D eigenvalue weighted by Gasteiger charge is -2.36. The van der Waals surface area contributed by atoms with Crippen molar-refractivity contribution in [3.05, 3.63) is 51.8 Å². The number of ether oxygens (including phenoxy) is 1. The van der Waals surface area contributed by atoms with Crippen LogP contribution in [-0.2, 0) is 4.74 Å². The van der Waals surface area contributed by atoms with E-state index in [9.17, 15) is 9.59 Å². The largest absolute Gasteiger partial charge is 0.465 e. The van der Waals surface area contributed by atoms with Gasteiger partial charge in [-0.2, -0.15) is 0 Å². The fraction of sp³-hybridized carbons (Fsp3) is 0.519. The van der Waals surface area contributed by atoms with E-state index in [0.29, 0.717) is 11.6 Å². The van der Waals surface area contributed by atoms with Crippen molar-refractivity contribution in [2.75, 3.05) is 49.8 Å². The molecule has 3 aliphatic rings. The maximum atomic E-state index is 13.2. The van der Waals surface area contributed by atoms with E-state index in [1.807, 2.05) is 24.1 Å². The quantitative estimate of drug-likeness (QED) is 0.596. The zero-order chi connectivity index (χ0) is 25.2. The van der Waals surface area contributed by atoms with Gasteiger partial charge in [0, 0.05) is 42.9 Å². The number of benzene rings is 1. The fourth-order valence-electron chi connectivity index (χ4n) is 5.58. The molecule has 0 radical (unpaired) electrons. The number of hydrogen-bond donors (Lipinski definition) is 2. The summed E-state index contributed by atoms with van der Waals surface area (Å²) in [5.41, 5.74) is 2.18. The first-order chi connectivity index (χ1) is 17.4. The maximum absolute atomic E-state index is 13.2. The van der Waals surface area contributed by atoms with Crippen molar-refractivity contribution in [2.24, 2.45) is 4.99 Å². The smallest absolute Gasteiger partial charge is 0.343 e. The fourth-order valence-corrected chi connectivity index (χ4v) is 5.58. The lowest BCUT2D eigenvalue weighted by molar-refractivity contribution is 0.0598. The number of aromatic nitrogens is 1. The molecule has 0 amide bonds. The standard InChI is InChI=1S/C27H36N6O3/c1-31-13-11-18(12-14-31)29-19-7-6-8-20(15-19)30-27-28-16-22-24(34)23(26(35)36-3)17-33(25(22)32(27)2)21-9-4-5-10-21/h6-8,15-18,21,27,29-30H,4-5,9-14H2,1-3H3. The number of fused-ring (bicyclic) bond motifs is 1. The highest BCUT2D eigenvalue weighted by Crippen LogP contribution is 2.35. The van der Waals surface area contributed by atoms with E-state index in [0.717, 1.165) is 68.8 Å². The van der Waals surface area contributed by atoms with Crippen LogP contribution >= 0.6 is 0 Å². The molecule has 1 aromatic carbocycles. The predicted octanol–water partition coefficient (Wildman–Crippen LogP) is 3.52. The second-order valence-corrected chi connectivity index (χ2v) is 10.2. The van der Waals surface area contributed by atoms with E-state index in [-0.39, 0.29) is 23.3 Å². The topological polar surface area (TPSA) is 91.2 Å². The highest BCUT2D eigenvalue weighted by atomic mass is 16.5. The molecule has 192 valence electrons. The second-order valence-electron chi connectivity index (χ2n) is 10.2. The van der Waals surface area contributed by atoms with Crippen LogP contribution in [0.3, 0.4) is 0 Å². The van der Waals surface area contributed by atoms with E-state index < -0.39 is 5.97 Å². The summed E-state index contributed by atoms with van der Waals surface area (Å²) in [6.07, 6.45) is 9.47. The number of anilines is 3. The average Bonchev–Trinajstić information content (AvgIpc) is 3.42. The van der Waals surface area contributed by atoms with E-state index in [1.165, 1.54) is 7.11 Å². The van der Waals surface area contributed by atoms with Crippen LogP contribution in [0.1, 0.15) is 60.5 Å². The number of piperidine rings is 1.